The fourth-order valence-electron chi connectivity index (χ4n) is 1.91. The van der Waals surface area contributed by atoms with Crippen LogP contribution in [0.25, 0.3) is 0 Å². The van der Waals surface area contributed by atoms with E-state index in [4.69, 9.17) is 4.18 Å². The molecule has 0 saturated carbocycles. The average molecular weight is 368 g/mol. The lowest BCUT2D eigenvalue weighted by atomic mass is 10.2. The molecule has 2 aromatic rings. The third-order valence-corrected chi connectivity index (χ3v) is 4.49. The van der Waals surface area contributed by atoms with Gasteiger partial charge in [-0.1, -0.05) is 17.7 Å². The minimum atomic E-state index is -3.90. The third kappa shape index (κ3) is 5.09. The van der Waals surface area contributed by atoms with E-state index in [-0.39, 0.29) is 30.4 Å². The molecule has 134 valence electrons. The van der Waals surface area contributed by atoms with Gasteiger partial charge in [-0.2, -0.15) is 8.42 Å². The Morgan fingerprint density at radius 2 is 2.04 bits per heavy atom. The zero-order valence-corrected chi connectivity index (χ0v) is 14.1. The van der Waals surface area contributed by atoms with Crippen LogP contribution in [0, 0.1) is 17.0 Å². The maximum Gasteiger partial charge on any atom is 0.343 e. The molecule has 1 N–H and O–H groups in total. The van der Waals surface area contributed by atoms with Gasteiger partial charge in [-0.15, -0.1) is 0 Å². The van der Waals surface area contributed by atoms with Crippen LogP contribution in [0.4, 0.5) is 5.82 Å². The largest absolute Gasteiger partial charge is 0.358 e. The number of nitrogens with zero attached hydrogens (tertiary/aromatic N) is 3. The molecule has 0 fully saturated rings. The molecule has 1 aromatic carbocycles. The van der Waals surface area contributed by atoms with E-state index in [1.54, 1.807) is 12.1 Å². The van der Waals surface area contributed by atoms with Gasteiger partial charge in [-0.25, -0.2) is 9.55 Å². The molecular formula is C14H16N4O6S. The van der Waals surface area contributed by atoms with Crippen LogP contribution in [0.2, 0.25) is 0 Å². The lowest BCUT2D eigenvalue weighted by Crippen LogP contribution is -2.31. The van der Waals surface area contributed by atoms with Gasteiger partial charge in [-0.3, -0.25) is 8.98 Å². The van der Waals surface area contributed by atoms with Gasteiger partial charge in [-0.05, 0) is 24.0 Å². The van der Waals surface area contributed by atoms with Crippen molar-refractivity contribution in [3.63, 3.8) is 0 Å². The Balaban J connectivity index is 1.80. The van der Waals surface area contributed by atoms with Gasteiger partial charge in [0.25, 0.3) is 16.0 Å². The van der Waals surface area contributed by atoms with Crippen molar-refractivity contribution in [2.24, 2.45) is 0 Å². The number of imidazole rings is 1. The van der Waals surface area contributed by atoms with Crippen molar-refractivity contribution >= 4 is 21.8 Å². The summed E-state index contributed by atoms with van der Waals surface area (Å²) < 4.78 is 29.8. The molecule has 0 aliphatic rings. The fourth-order valence-corrected chi connectivity index (χ4v) is 2.82. The van der Waals surface area contributed by atoms with Crippen molar-refractivity contribution in [2.75, 3.05) is 13.2 Å². The van der Waals surface area contributed by atoms with Gasteiger partial charge in [0.2, 0.25) is 0 Å². The number of amides is 1. The molecule has 0 unspecified atom stereocenters. The van der Waals surface area contributed by atoms with Crippen LogP contribution in [0.1, 0.15) is 5.56 Å². The molecule has 1 aromatic heterocycles. The summed E-state index contributed by atoms with van der Waals surface area (Å²) in [6, 6.07) is 6.16. The lowest BCUT2D eigenvalue weighted by Gasteiger charge is -2.07. The standard InChI is InChI=1S/C14H16N4O6S/c1-11-2-4-12(5-3-11)25(22,23)24-7-6-16-13(19)9-17-10-15-8-14(17)18(20)21/h2-5,8,10H,6-7,9H2,1H3,(H,16,19). The fraction of sp³-hybridized carbons (Fsp3) is 0.286. The van der Waals surface area contributed by atoms with E-state index in [9.17, 15) is 23.3 Å². The first-order valence-corrected chi connectivity index (χ1v) is 8.58. The number of nitro groups is 1. The number of hydrogen-bond donors (Lipinski definition) is 1. The lowest BCUT2D eigenvalue weighted by molar-refractivity contribution is -0.392. The van der Waals surface area contributed by atoms with Crippen molar-refractivity contribution in [3.8, 4) is 0 Å². The first-order valence-electron chi connectivity index (χ1n) is 7.17. The maximum atomic E-state index is 11.9. The quantitative estimate of drug-likeness (QED) is 0.312. The summed E-state index contributed by atoms with van der Waals surface area (Å²) in [5.74, 6) is -0.842. The van der Waals surface area contributed by atoms with Gasteiger partial charge < -0.3 is 15.4 Å². The predicted octanol–water partition coefficient (Wildman–Crippen LogP) is 0.621. The topological polar surface area (TPSA) is 133 Å². The van der Waals surface area contributed by atoms with E-state index in [0.717, 1.165) is 22.7 Å². The van der Waals surface area contributed by atoms with Gasteiger partial charge in [0.1, 0.15) is 6.20 Å². The van der Waals surface area contributed by atoms with E-state index in [0.29, 0.717) is 0 Å². The highest BCUT2D eigenvalue weighted by molar-refractivity contribution is 7.86. The predicted molar refractivity (Wildman–Crippen MR) is 86.2 cm³/mol. The minimum absolute atomic E-state index is 0.0264. The van der Waals surface area contributed by atoms with E-state index in [2.05, 4.69) is 10.3 Å². The molecule has 25 heavy (non-hydrogen) atoms. The second-order valence-electron chi connectivity index (χ2n) is 5.08. The van der Waals surface area contributed by atoms with E-state index < -0.39 is 20.9 Å². The Bertz CT molecular complexity index is 860. The van der Waals surface area contributed by atoms with Crippen LogP contribution < -0.4 is 5.32 Å². The Labute approximate surface area is 143 Å². The molecular weight excluding hydrogens is 352 g/mol. The molecule has 0 aliphatic heterocycles. The van der Waals surface area contributed by atoms with Crippen LogP contribution >= 0.6 is 0 Å². The van der Waals surface area contributed by atoms with Crippen molar-refractivity contribution in [3.05, 3.63) is 52.5 Å². The van der Waals surface area contributed by atoms with Gasteiger partial charge >= 0.3 is 5.82 Å². The Kier molecular flexibility index (Phi) is 5.83. The van der Waals surface area contributed by atoms with Crippen LogP contribution in [0.5, 0.6) is 0 Å². The summed E-state index contributed by atoms with van der Waals surface area (Å²) >= 11 is 0. The molecule has 0 saturated heterocycles. The zero-order valence-electron chi connectivity index (χ0n) is 13.3. The third-order valence-electron chi connectivity index (χ3n) is 3.16. The van der Waals surface area contributed by atoms with Crippen molar-refractivity contribution in [1.29, 1.82) is 0 Å². The molecule has 1 heterocycles. The van der Waals surface area contributed by atoms with Crippen molar-refractivity contribution in [1.82, 2.24) is 14.9 Å². The molecule has 2 rings (SSSR count). The average Bonchev–Trinajstić information content (AvgIpc) is 3.00. The Morgan fingerprint density at radius 1 is 1.36 bits per heavy atom. The number of rotatable bonds is 8. The second-order valence-corrected chi connectivity index (χ2v) is 6.69. The molecule has 0 spiro atoms. The summed E-state index contributed by atoms with van der Waals surface area (Å²) in [6.07, 6.45) is 2.20. The van der Waals surface area contributed by atoms with Crippen LogP contribution in [0.3, 0.4) is 0 Å². The molecule has 10 nitrogen and oxygen atoms in total. The van der Waals surface area contributed by atoms with Crippen LogP contribution in [0.15, 0.2) is 41.7 Å². The molecule has 11 heteroatoms. The first-order chi connectivity index (χ1) is 11.8. The molecule has 0 bridgehead atoms. The van der Waals surface area contributed by atoms with Crippen molar-refractivity contribution in [2.45, 2.75) is 18.4 Å². The number of aryl methyl sites for hydroxylation is 1. The van der Waals surface area contributed by atoms with Gasteiger partial charge in [0, 0.05) is 6.54 Å². The highest BCUT2D eigenvalue weighted by atomic mass is 32.2. The zero-order chi connectivity index (χ0) is 18.4. The number of benzene rings is 1. The molecule has 0 radical (unpaired) electrons. The monoisotopic (exact) mass is 368 g/mol. The van der Waals surface area contributed by atoms with Crippen molar-refractivity contribution < 1.29 is 22.3 Å². The minimum Gasteiger partial charge on any atom is -0.358 e. The molecule has 0 aliphatic carbocycles. The Hall–Kier alpha value is -2.79. The number of nitrogens with one attached hydrogen (secondary N) is 1. The van der Waals surface area contributed by atoms with Gasteiger partial charge in [0.05, 0.1) is 11.5 Å². The normalized spacial score (nSPS) is 11.2. The summed E-state index contributed by atoms with van der Waals surface area (Å²) in [7, 11) is -3.90. The summed E-state index contributed by atoms with van der Waals surface area (Å²) in [5.41, 5.74) is 0.916. The summed E-state index contributed by atoms with van der Waals surface area (Å²) in [4.78, 5) is 25.4. The second kappa shape index (κ2) is 7.85. The number of aromatic nitrogens is 2. The van der Waals surface area contributed by atoms with Gasteiger partial charge in [0.15, 0.2) is 12.9 Å². The molecule has 1 amide bonds. The van der Waals surface area contributed by atoms with E-state index >= 15 is 0 Å². The number of carbonyl (C=O) groups excluding carboxylic acids is 1. The van der Waals surface area contributed by atoms with E-state index in [1.165, 1.54) is 12.1 Å². The number of carbonyl (C=O) groups is 1. The smallest absolute Gasteiger partial charge is 0.343 e. The van der Waals surface area contributed by atoms with E-state index in [1.807, 2.05) is 6.92 Å². The number of hydrogen-bond acceptors (Lipinski definition) is 7. The highest BCUT2D eigenvalue weighted by Gasteiger charge is 2.17. The van der Waals surface area contributed by atoms with Crippen LogP contribution in [-0.2, 0) is 25.6 Å². The molecule has 0 atom stereocenters. The summed E-state index contributed by atoms with van der Waals surface area (Å²) in [6.45, 7) is 1.21. The SMILES string of the molecule is Cc1ccc(S(=O)(=O)OCCNC(=O)Cn2cncc2[N+](=O)[O-])cc1. The Morgan fingerprint density at radius 3 is 2.68 bits per heavy atom. The highest BCUT2D eigenvalue weighted by Crippen LogP contribution is 2.13. The first kappa shape index (κ1) is 18.5. The van der Waals surface area contributed by atoms with Crippen LogP contribution in [-0.4, -0.2) is 42.0 Å². The maximum absolute atomic E-state index is 11.9. The summed E-state index contributed by atoms with van der Waals surface area (Å²) in [5, 5.41) is 13.1.